The number of dihydropyridines is 1. The van der Waals surface area contributed by atoms with Crippen LogP contribution < -0.4 is 19.5 Å². The highest BCUT2D eigenvalue weighted by Crippen LogP contribution is 2.47. The fraction of sp³-hybridized carbons (Fsp3) is 0.438. The molecular formula is C32H39NO6. The molecular weight excluding hydrogens is 494 g/mol. The minimum Gasteiger partial charge on any atom is -0.497 e. The lowest BCUT2D eigenvalue weighted by Crippen LogP contribution is -2.36. The van der Waals surface area contributed by atoms with E-state index in [2.05, 4.69) is 5.32 Å². The van der Waals surface area contributed by atoms with Crippen LogP contribution >= 0.6 is 0 Å². The maximum atomic E-state index is 13.9. The number of ether oxygens (including phenoxy) is 4. The Morgan fingerprint density at radius 3 is 2.36 bits per heavy atom. The molecule has 39 heavy (non-hydrogen) atoms. The predicted octanol–water partition coefficient (Wildman–Crippen LogP) is 6.20. The summed E-state index contributed by atoms with van der Waals surface area (Å²) >= 11 is 0. The number of nitrogens with one attached hydrogen (secondary N) is 1. The van der Waals surface area contributed by atoms with Crippen LogP contribution in [0, 0.1) is 0 Å². The molecule has 1 aliphatic heterocycles. The van der Waals surface area contributed by atoms with Gasteiger partial charge in [0, 0.05) is 29.3 Å². The summed E-state index contributed by atoms with van der Waals surface area (Å²) in [4.78, 5) is 27.4. The van der Waals surface area contributed by atoms with E-state index in [0.29, 0.717) is 54.2 Å². The van der Waals surface area contributed by atoms with Gasteiger partial charge in [-0.05, 0) is 74.4 Å². The minimum atomic E-state index is -0.573. The van der Waals surface area contributed by atoms with E-state index in [1.807, 2.05) is 70.2 Å². The molecule has 4 rings (SSSR count). The van der Waals surface area contributed by atoms with Crippen LogP contribution in [0.2, 0.25) is 0 Å². The number of benzene rings is 2. The number of rotatable bonds is 10. The van der Waals surface area contributed by atoms with E-state index >= 15 is 0 Å². The van der Waals surface area contributed by atoms with Gasteiger partial charge >= 0.3 is 5.97 Å². The summed E-state index contributed by atoms with van der Waals surface area (Å²) in [5, 5.41) is 3.42. The van der Waals surface area contributed by atoms with Crippen molar-refractivity contribution in [3.63, 3.8) is 0 Å². The minimum absolute atomic E-state index is 0.0150. The second-order valence-electron chi connectivity index (χ2n) is 10.2. The Balaban J connectivity index is 1.78. The Kier molecular flexibility index (Phi) is 9.00. The van der Waals surface area contributed by atoms with Crippen LogP contribution in [0.1, 0.15) is 76.3 Å². The third-order valence-electron chi connectivity index (χ3n) is 7.50. The summed E-state index contributed by atoms with van der Waals surface area (Å²) in [6.07, 6.45) is 2.33. The van der Waals surface area contributed by atoms with Crippen molar-refractivity contribution < 1.29 is 28.5 Å². The Labute approximate surface area is 231 Å². The molecule has 0 unspecified atom stereocenters. The molecule has 208 valence electrons. The maximum absolute atomic E-state index is 13.9. The van der Waals surface area contributed by atoms with Gasteiger partial charge in [-0.2, -0.15) is 0 Å². The van der Waals surface area contributed by atoms with Gasteiger partial charge in [-0.3, -0.25) is 4.79 Å². The standard InChI is InChI=1S/C32H39NO6/c1-7-15-38-27-14-11-22(18-28(27)37-6)30-29(32(35)39-19(3)8-2)20(4)33-25-16-23(17-26(34)31(25)30)21-9-12-24(36-5)13-10-21/h9-14,18-19,23,30,33H,7-8,15-17H2,1-6H3/t19-,23+,30-/m0/s1. The molecule has 0 amide bonds. The molecule has 3 atom stereocenters. The molecule has 1 N–H and O–H groups in total. The molecule has 0 bridgehead atoms. The normalized spacial score (nSPS) is 19.7. The van der Waals surface area contributed by atoms with Crippen LogP contribution in [0.3, 0.4) is 0 Å². The average molecular weight is 534 g/mol. The highest BCUT2D eigenvalue weighted by molar-refractivity contribution is 6.04. The molecule has 7 nitrogen and oxygen atoms in total. The number of Topliss-reactive ketones (excluding diaryl/α,β-unsaturated/α-hetero) is 1. The van der Waals surface area contributed by atoms with E-state index in [4.69, 9.17) is 18.9 Å². The first-order valence-electron chi connectivity index (χ1n) is 13.7. The molecule has 2 aromatic rings. The third-order valence-corrected chi connectivity index (χ3v) is 7.50. The molecule has 0 aromatic heterocycles. The summed E-state index contributed by atoms with van der Waals surface area (Å²) in [5.41, 5.74) is 4.48. The van der Waals surface area contributed by atoms with Crippen LogP contribution in [-0.4, -0.2) is 38.7 Å². The fourth-order valence-corrected chi connectivity index (χ4v) is 5.28. The Morgan fingerprint density at radius 1 is 1.00 bits per heavy atom. The van der Waals surface area contributed by atoms with Crippen molar-refractivity contribution in [2.75, 3.05) is 20.8 Å². The second-order valence-corrected chi connectivity index (χ2v) is 10.2. The molecule has 0 radical (unpaired) electrons. The number of carbonyl (C=O) groups is 2. The van der Waals surface area contributed by atoms with Crippen LogP contribution in [0.5, 0.6) is 17.2 Å². The summed E-state index contributed by atoms with van der Waals surface area (Å²) in [7, 11) is 3.23. The lowest BCUT2D eigenvalue weighted by atomic mass is 9.71. The van der Waals surface area contributed by atoms with E-state index < -0.39 is 11.9 Å². The number of hydrogen-bond donors (Lipinski definition) is 1. The van der Waals surface area contributed by atoms with Gasteiger partial charge in [0.05, 0.1) is 32.5 Å². The Hall–Kier alpha value is -3.74. The van der Waals surface area contributed by atoms with Crippen LogP contribution in [-0.2, 0) is 14.3 Å². The summed E-state index contributed by atoms with van der Waals surface area (Å²) < 4.78 is 22.6. The smallest absolute Gasteiger partial charge is 0.337 e. The van der Waals surface area contributed by atoms with Crippen molar-refractivity contribution in [2.24, 2.45) is 0 Å². The predicted molar refractivity (Wildman–Crippen MR) is 150 cm³/mol. The van der Waals surface area contributed by atoms with Crippen molar-refractivity contribution in [1.29, 1.82) is 0 Å². The first-order valence-corrected chi connectivity index (χ1v) is 13.7. The Morgan fingerprint density at radius 2 is 1.72 bits per heavy atom. The lowest BCUT2D eigenvalue weighted by molar-refractivity contribution is -0.144. The van der Waals surface area contributed by atoms with E-state index in [9.17, 15) is 9.59 Å². The quantitative estimate of drug-likeness (QED) is 0.364. The van der Waals surface area contributed by atoms with Gasteiger partial charge in [0.2, 0.25) is 0 Å². The molecule has 0 saturated heterocycles. The third kappa shape index (κ3) is 5.97. The van der Waals surface area contributed by atoms with Gasteiger partial charge in [0.25, 0.3) is 0 Å². The van der Waals surface area contributed by atoms with Gasteiger partial charge in [-0.15, -0.1) is 0 Å². The fourth-order valence-electron chi connectivity index (χ4n) is 5.28. The average Bonchev–Trinajstić information content (AvgIpc) is 2.94. The summed E-state index contributed by atoms with van der Waals surface area (Å²) in [5.74, 6) is 1.02. The van der Waals surface area contributed by atoms with Crippen LogP contribution in [0.4, 0.5) is 0 Å². The number of esters is 1. The second kappa shape index (κ2) is 12.4. The van der Waals surface area contributed by atoms with E-state index in [1.165, 1.54) is 0 Å². The molecule has 2 aliphatic rings. The van der Waals surface area contributed by atoms with Gasteiger partial charge in [0.1, 0.15) is 5.75 Å². The van der Waals surface area contributed by atoms with Gasteiger partial charge in [0.15, 0.2) is 17.3 Å². The van der Waals surface area contributed by atoms with Crippen LogP contribution in [0.15, 0.2) is 65.0 Å². The summed E-state index contributed by atoms with van der Waals surface area (Å²) in [6, 6.07) is 13.5. The van der Waals surface area contributed by atoms with Crippen molar-refractivity contribution in [3.8, 4) is 17.2 Å². The van der Waals surface area contributed by atoms with Gasteiger partial charge in [-0.25, -0.2) is 4.79 Å². The molecule has 0 spiro atoms. The first kappa shape index (κ1) is 28.3. The number of hydrogen-bond acceptors (Lipinski definition) is 7. The SMILES string of the molecule is CCCOc1ccc([C@H]2C(C(=O)O[C@@H](C)CC)=C(C)NC3=C2C(=O)C[C@H](c2ccc(OC)cc2)C3)cc1OC. The maximum Gasteiger partial charge on any atom is 0.337 e. The highest BCUT2D eigenvalue weighted by Gasteiger charge is 2.42. The number of ketones is 1. The molecule has 0 saturated carbocycles. The number of carbonyl (C=O) groups excluding carboxylic acids is 2. The lowest BCUT2D eigenvalue weighted by Gasteiger charge is -2.37. The van der Waals surface area contributed by atoms with Crippen LogP contribution in [0.25, 0.3) is 0 Å². The van der Waals surface area contributed by atoms with Gasteiger partial charge < -0.3 is 24.3 Å². The monoisotopic (exact) mass is 533 g/mol. The summed E-state index contributed by atoms with van der Waals surface area (Å²) in [6.45, 7) is 8.33. The van der Waals surface area contributed by atoms with Crippen molar-refractivity contribution in [1.82, 2.24) is 5.32 Å². The van der Waals surface area contributed by atoms with Gasteiger partial charge in [-0.1, -0.05) is 32.0 Å². The van der Waals surface area contributed by atoms with E-state index in [0.717, 1.165) is 29.0 Å². The first-order chi connectivity index (χ1) is 18.8. The zero-order chi connectivity index (χ0) is 28.1. The highest BCUT2D eigenvalue weighted by atomic mass is 16.5. The Bertz CT molecular complexity index is 1280. The number of methoxy groups -OCH3 is 2. The van der Waals surface area contributed by atoms with Crippen molar-refractivity contribution in [2.45, 2.75) is 71.3 Å². The molecule has 0 fully saturated rings. The molecule has 2 aromatic carbocycles. The van der Waals surface area contributed by atoms with Crippen molar-refractivity contribution >= 4 is 11.8 Å². The zero-order valence-electron chi connectivity index (χ0n) is 23.8. The topological polar surface area (TPSA) is 83.1 Å². The molecule has 1 heterocycles. The zero-order valence-corrected chi connectivity index (χ0v) is 23.8. The largest absolute Gasteiger partial charge is 0.497 e. The molecule has 1 aliphatic carbocycles. The van der Waals surface area contributed by atoms with E-state index in [-0.39, 0.29) is 17.8 Å². The number of allylic oxidation sites excluding steroid dienone is 3. The molecule has 7 heteroatoms. The van der Waals surface area contributed by atoms with Crippen molar-refractivity contribution in [3.05, 3.63) is 76.1 Å². The van der Waals surface area contributed by atoms with E-state index in [1.54, 1.807) is 14.2 Å².